The summed E-state index contributed by atoms with van der Waals surface area (Å²) >= 11 is 0. The van der Waals surface area contributed by atoms with Crippen molar-refractivity contribution < 1.29 is 28.2 Å². The van der Waals surface area contributed by atoms with Crippen LogP contribution in [0, 0.1) is 11.8 Å². The Kier molecular flexibility index (Phi) is 15.9. The van der Waals surface area contributed by atoms with Crippen LogP contribution in [-0.4, -0.2) is 60.9 Å². The van der Waals surface area contributed by atoms with Gasteiger partial charge in [-0.1, -0.05) is 152 Å². The number of rotatable bonds is 20. The summed E-state index contributed by atoms with van der Waals surface area (Å²) in [4.78, 5) is 0. The van der Waals surface area contributed by atoms with Gasteiger partial charge in [0.05, 0.1) is 39.1 Å². The highest BCUT2D eigenvalue weighted by Gasteiger charge is 2.51. The molecule has 0 aliphatic heterocycles. The fourth-order valence-electron chi connectivity index (χ4n) is 7.04. The maximum absolute atomic E-state index is 11.3. The van der Waals surface area contributed by atoms with Gasteiger partial charge in [-0.2, -0.15) is 0 Å². The van der Waals surface area contributed by atoms with Gasteiger partial charge in [0.1, 0.15) is 5.75 Å². The normalized spacial score (nSPS) is 15.0. The zero-order valence-corrected chi connectivity index (χ0v) is 36.5. The van der Waals surface area contributed by atoms with Crippen molar-refractivity contribution in [2.45, 2.75) is 103 Å². The van der Waals surface area contributed by atoms with Gasteiger partial charge in [0, 0.05) is 25.0 Å². The minimum atomic E-state index is -2.88. The lowest BCUT2D eigenvalue weighted by Crippen LogP contribution is -2.67. The molecule has 0 radical (unpaired) electrons. The fraction of sp³-hybridized carbons (Fsp3) is 0.478. The van der Waals surface area contributed by atoms with E-state index >= 15 is 0 Å². The molecule has 0 unspecified atom stereocenters. The van der Waals surface area contributed by atoms with Gasteiger partial charge in [-0.3, -0.25) is 0 Å². The maximum atomic E-state index is 11.3. The molecule has 294 valence electrons. The number of benzene rings is 4. The molecule has 0 heterocycles. The van der Waals surface area contributed by atoms with Gasteiger partial charge in [-0.05, 0) is 63.2 Å². The number of aliphatic hydroxyl groups excluding tert-OH is 1. The van der Waals surface area contributed by atoms with Crippen LogP contribution in [0.4, 0.5) is 0 Å². The van der Waals surface area contributed by atoms with Gasteiger partial charge in [0.15, 0.2) is 8.32 Å². The van der Waals surface area contributed by atoms with E-state index in [0.717, 1.165) is 16.9 Å². The van der Waals surface area contributed by atoms with Crippen LogP contribution in [0.5, 0.6) is 5.75 Å². The molecule has 6 nitrogen and oxygen atoms in total. The van der Waals surface area contributed by atoms with E-state index in [-0.39, 0.29) is 40.7 Å². The monoisotopic (exact) mass is 770 g/mol. The van der Waals surface area contributed by atoms with E-state index in [0.29, 0.717) is 32.8 Å². The fourth-order valence-corrected chi connectivity index (χ4v) is 13.1. The van der Waals surface area contributed by atoms with E-state index in [1.165, 1.54) is 10.4 Å². The zero-order valence-electron chi connectivity index (χ0n) is 34.5. The molecule has 0 aromatic heterocycles. The van der Waals surface area contributed by atoms with Crippen LogP contribution in [0.1, 0.15) is 66.0 Å². The number of ether oxygens (including phenoxy) is 3. The lowest BCUT2D eigenvalue weighted by atomic mass is 9.87. The summed E-state index contributed by atoms with van der Waals surface area (Å²) in [5.74, 6) is 0.391. The van der Waals surface area contributed by atoms with E-state index in [2.05, 4.69) is 134 Å². The molecule has 0 spiro atoms. The van der Waals surface area contributed by atoms with Crippen LogP contribution < -0.4 is 15.1 Å². The highest BCUT2D eigenvalue weighted by molar-refractivity contribution is 6.99. The molecule has 0 aliphatic carbocycles. The minimum absolute atomic E-state index is 0.0120. The van der Waals surface area contributed by atoms with Gasteiger partial charge in [-0.15, -0.1) is 0 Å². The van der Waals surface area contributed by atoms with Crippen molar-refractivity contribution in [3.63, 3.8) is 0 Å². The average Bonchev–Trinajstić information content (AvgIpc) is 3.15. The van der Waals surface area contributed by atoms with E-state index in [1.54, 1.807) is 7.11 Å². The summed E-state index contributed by atoms with van der Waals surface area (Å²) in [5.41, 5.74) is 2.18. The first kappa shape index (κ1) is 43.6. The van der Waals surface area contributed by atoms with Crippen molar-refractivity contribution in [2.75, 3.05) is 26.9 Å². The smallest absolute Gasteiger partial charge is 0.261 e. The van der Waals surface area contributed by atoms with Crippen LogP contribution in [-0.2, 0) is 31.5 Å². The summed E-state index contributed by atoms with van der Waals surface area (Å²) in [5, 5.41) is 13.5. The maximum Gasteiger partial charge on any atom is 0.261 e. The topological polar surface area (TPSA) is 66.4 Å². The van der Waals surface area contributed by atoms with E-state index in [9.17, 15) is 5.11 Å². The predicted octanol–water partition coefficient (Wildman–Crippen LogP) is 9.40. The van der Waals surface area contributed by atoms with Crippen LogP contribution in [0.25, 0.3) is 0 Å². The quantitative estimate of drug-likeness (QED) is 0.0714. The van der Waals surface area contributed by atoms with Crippen molar-refractivity contribution >= 4 is 27.0 Å². The molecular formula is C46H66O6Si2. The summed E-state index contributed by atoms with van der Waals surface area (Å²) in [6.45, 7) is 22.2. The lowest BCUT2D eigenvalue weighted by Gasteiger charge is -2.45. The van der Waals surface area contributed by atoms with Gasteiger partial charge in [-0.25, -0.2) is 0 Å². The third-order valence-corrected chi connectivity index (χ3v) is 20.8. The number of methoxy groups -OCH3 is 1. The highest BCUT2D eigenvalue weighted by Crippen LogP contribution is 2.41. The Balaban J connectivity index is 1.71. The van der Waals surface area contributed by atoms with Crippen molar-refractivity contribution in [3.8, 4) is 5.75 Å². The second-order valence-corrected chi connectivity index (χ2v) is 26.2. The molecule has 0 saturated heterocycles. The lowest BCUT2D eigenvalue weighted by molar-refractivity contribution is -0.0897. The molecule has 8 heteroatoms. The molecule has 1 N–H and O–H groups in total. The molecule has 4 aromatic rings. The Bertz CT molecular complexity index is 1600. The first-order valence-electron chi connectivity index (χ1n) is 19.5. The molecule has 4 atom stereocenters. The summed E-state index contributed by atoms with van der Waals surface area (Å²) < 4.78 is 33.3. The number of aliphatic hydroxyl groups is 1. The van der Waals surface area contributed by atoms with Gasteiger partial charge < -0.3 is 28.2 Å². The van der Waals surface area contributed by atoms with Gasteiger partial charge >= 0.3 is 0 Å². The molecule has 0 amide bonds. The number of hydrogen-bond acceptors (Lipinski definition) is 6. The SMILES string of the molecule is COc1ccc(CO[C@H]([C@@H](CO)CO[Si](c2ccccc2)(c2ccccc2)C(C)(C)C)[C@H](C)[C@H](CCOCc2ccccc2)O[Si](C)(C)C(C)(C)C)cc1. The Morgan fingerprint density at radius 1 is 0.667 bits per heavy atom. The molecule has 0 fully saturated rings. The molecule has 0 saturated carbocycles. The Morgan fingerprint density at radius 2 is 1.19 bits per heavy atom. The van der Waals surface area contributed by atoms with Gasteiger partial charge in [0.25, 0.3) is 8.32 Å². The van der Waals surface area contributed by atoms with E-state index in [1.807, 2.05) is 42.5 Å². The largest absolute Gasteiger partial charge is 0.497 e. The van der Waals surface area contributed by atoms with E-state index < -0.39 is 16.6 Å². The van der Waals surface area contributed by atoms with Gasteiger partial charge in [0.2, 0.25) is 0 Å². The summed E-state index contributed by atoms with van der Waals surface area (Å²) in [7, 11) is -3.42. The molecule has 0 aliphatic rings. The second-order valence-electron chi connectivity index (χ2n) is 17.1. The third-order valence-electron chi connectivity index (χ3n) is 11.2. The van der Waals surface area contributed by atoms with E-state index in [4.69, 9.17) is 23.1 Å². The molecule has 54 heavy (non-hydrogen) atoms. The van der Waals surface area contributed by atoms with Crippen molar-refractivity contribution in [1.29, 1.82) is 0 Å². The molecule has 4 aromatic carbocycles. The van der Waals surface area contributed by atoms with Crippen LogP contribution in [0.15, 0.2) is 115 Å². The summed E-state index contributed by atoms with van der Waals surface area (Å²) in [6.07, 6.45) is 0.167. The molecular weight excluding hydrogens is 705 g/mol. The average molecular weight is 771 g/mol. The Hall–Kier alpha value is -3.09. The van der Waals surface area contributed by atoms with Crippen LogP contribution in [0.3, 0.4) is 0 Å². The zero-order chi connectivity index (χ0) is 39.4. The minimum Gasteiger partial charge on any atom is -0.497 e. The standard InChI is InChI=1S/C46H66O6Si2/c1-36(43(52-53(9,10)45(2,3)4)30-31-49-33-37-20-14-11-15-21-37)44(50-34-38-26-28-40(48-8)29-27-38)39(32-47)35-51-54(46(5,6)7,41-22-16-12-17-23-41)42-24-18-13-19-25-42/h11-29,36,39,43-44,47H,30-35H2,1-10H3/t36-,39+,43+,44+/m1/s1. The first-order valence-corrected chi connectivity index (χ1v) is 24.3. The molecule has 0 bridgehead atoms. The second kappa shape index (κ2) is 19.7. The van der Waals surface area contributed by atoms with Crippen LogP contribution >= 0.6 is 0 Å². The van der Waals surface area contributed by atoms with Crippen molar-refractivity contribution in [2.24, 2.45) is 11.8 Å². The molecule has 4 rings (SSSR count). The summed E-state index contributed by atoms with van der Waals surface area (Å²) in [6, 6.07) is 39.6. The predicted molar refractivity (Wildman–Crippen MR) is 228 cm³/mol. The number of hydrogen-bond donors (Lipinski definition) is 1. The van der Waals surface area contributed by atoms with Crippen molar-refractivity contribution in [3.05, 3.63) is 126 Å². The highest BCUT2D eigenvalue weighted by atomic mass is 28.4. The Labute approximate surface area is 328 Å². The Morgan fingerprint density at radius 3 is 1.67 bits per heavy atom. The van der Waals surface area contributed by atoms with Crippen LogP contribution in [0.2, 0.25) is 23.2 Å². The van der Waals surface area contributed by atoms with Crippen molar-refractivity contribution in [1.82, 2.24) is 0 Å². The third kappa shape index (κ3) is 11.2. The first-order chi connectivity index (χ1) is 25.6.